The molecule has 0 saturated heterocycles. The predicted octanol–water partition coefficient (Wildman–Crippen LogP) is 4.00. The van der Waals surface area contributed by atoms with Gasteiger partial charge < -0.3 is 9.32 Å². The zero-order chi connectivity index (χ0) is 17.9. The van der Waals surface area contributed by atoms with Gasteiger partial charge in [-0.05, 0) is 0 Å². The molecule has 0 saturated carbocycles. The molecule has 5 nitrogen and oxygen atoms in total. The number of aromatic nitrogens is 2. The number of benzene rings is 1. The molecule has 0 radical (unpaired) electrons. The van der Waals surface area contributed by atoms with Crippen LogP contribution >= 0.6 is 11.3 Å². The topological polar surface area (TPSA) is 59.2 Å². The van der Waals surface area contributed by atoms with Crippen molar-refractivity contribution in [3.8, 4) is 11.3 Å². The highest BCUT2D eigenvalue weighted by atomic mass is 32.1. The standard InChI is InChI=1S/C16H12F3N3O2S/c17-16(18,19)9-22(8-12-20-6-7-25-12)15(23)13-14(24-10-21-13)11-4-2-1-3-5-11/h1-7,10H,8-9H2. The molecule has 1 aromatic carbocycles. The minimum absolute atomic E-state index is 0.136. The summed E-state index contributed by atoms with van der Waals surface area (Å²) in [5, 5.41) is 2.04. The quantitative estimate of drug-likeness (QED) is 0.684. The third-order valence-corrected chi connectivity index (χ3v) is 4.04. The molecule has 2 aromatic heterocycles. The fraction of sp³-hybridized carbons (Fsp3) is 0.188. The molecule has 25 heavy (non-hydrogen) atoms. The van der Waals surface area contributed by atoms with Crippen LogP contribution in [0.5, 0.6) is 0 Å². The molecule has 0 atom stereocenters. The summed E-state index contributed by atoms with van der Waals surface area (Å²) < 4.78 is 43.9. The summed E-state index contributed by atoms with van der Waals surface area (Å²) >= 11 is 1.18. The maximum absolute atomic E-state index is 12.9. The molecule has 9 heteroatoms. The average Bonchev–Trinajstić information content (AvgIpc) is 3.24. The van der Waals surface area contributed by atoms with Crippen LogP contribution in [0.1, 0.15) is 15.5 Å². The van der Waals surface area contributed by atoms with E-state index >= 15 is 0 Å². The van der Waals surface area contributed by atoms with Crippen molar-refractivity contribution in [3.05, 3.63) is 59.0 Å². The molecule has 2 heterocycles. The molecule has 0 unspecified atom stereocenters. The number of thiazole rings is 1. The summed E-state index contributed by atoms with van der Waals surface area (Å²) in [6, 6.07) is 8.61. The monoisotopic (exact) mass is 367 g/mol. The Morgan fingerprint density at radius 1 is 1.20 bits per heavy atom. The summed E-state index contributed by atoms with van der Waals surface area (Å²) in [5.41, 5.74) is 0.400. The largest absolute Gasteiger partial charge is 0.443 e. The van der Waals surface area contributed by atoms with Crippen molar-refractivity contribution < 1.29 is 22.4 Å². The van der Waals surface area contributed by atoms with Gasteiger partial charge in [0.25, 0.3) is 5.91 Å². The van der Waals surface area contributed by atoms with E-state index in [0.29, 0.717) is 15.5 Å². The number of hydrogen-bond donors (Lipinski definition) is 0. The van der Waals surface area contributed by atoms with E-state index < -0.39 is 18.6 Å². The average molecular weight is 367 g/mol. The number of carbonyl (C=O) groups excluding carboxylic acids is 1. The zero-order valence-electron chi connectivity index (χ0n) is 12.7. The lowest BCUT2D eigenvalue weighted by Crippen LogP contribution is -2.38. The van der Waals surface area contributed by atoms with Crippen LogP contribution in [0.4, 0.5) is 13.2 Å². The normalized spacial score (nSPS) is 11.5. The van der Waals surface area contributed by atoms with E-state index in [1.54, 1.807) is 35.7 Å². The fourth-order valence-corrected chi connectivity index (χ4v) is 2.88. The third-order valence-electron chi connectivity index (χ3n) is 3.27. The Labute approximate surface area is 144 Å². The number of amides is 1. The van der Waals surface area contributed by atoms with Gasteiger partial charge in [-0.25, -0.2) is 9.97 Å². The molecule has 0 N–H and O–H groups in total. The number of carbonyl (C=O) groups is 1. The van der Waals surface area contributed by atoms with E-state index in [1.807, 2.05) is 0 Å². The second-order valence-electron chi connectivity index (χ2n) is 5.10. The van der Waals surface area contributed by atoms with E-state index in [9.17, 15) is 18.0 Å². The van der Waals surface area contributed by atoms with Crippen molar-refractivity contribution in [2.24, 2.45) is 0 Å². The van der Waals surface area contributed by atoms with Gasteiger partial charge in [-0.1, -0.05) is 30.3 Å². The van der Waals surface area contributed by atoms with E-state index in [-0.39, 0.29) is 18.0 Å². The molecule has 1 amide bonds. The Morgan fingerprint density at radius 3 is 2.60 bits per heavy atom. The van der Waals surface area contributed by atoms with Crippen molar-refractivity contribution in [1.29, 1.82) is 0 Å². The molecule has 3 aromatic rings. The molecule has 0 aliphatic rings. The van der Waals surface area contributed by atoms with Crippen molar-refractivity contribution in [1.82, 2.24) is 14.9 Å². The third kappa shape index (κ3) is 4.24. The van der Waals surface area contributed by atoms with Crippen molar-refractivity contribution >= 4 is 17.2 Å². The Hall–Kier alpha value is -2.68. The molecular weight excluding hydrogens is 355 g/mol. The molecular formula is C16H12F3N3O2S. The number of nitrogens with zero attached hydrogens (tertiary/aromatic N) is 3. The maximum Gasteiger partial charge on any atom is 0.406 e. The van der Waals surface area contributed by atoms with Gasteiger partial charge in [-0.3, -0.25) is 4.79 Å². The molecule has 0 aliphatic carbocycles. The minimum atomic E-state index is -4.54. The lowest BCUT2D eigenvalue weighted by Gasteiger charge is -2.22. The van der Waals surface area contributed by atoms with E-state index in [0.717, 1.165) is 6.39 Å². The van der Waals surface area contributed by atoms with Crippen LogP contribution in [0.2, 0.25) is 0 Å². The lowest BCUT2D eigenvalue weighted by molar-refractivity contribution is -0.141. The van der Waals surface area contributed by atoms with Gasteiger partial charge >= 0.3 is 6.18 Å². The number of oxazole rings is 1. The highest BCUT2D eigenvalue weighted by molar-refractivity contribution is 7.09. The Kier molecular flexibility index (Phi) is 4.84. The number of halogens is 3. The van der Waals surface area contributed by atoms with Gasteiger partial charge in [0.2, 0.25) is 0 Å². The molecule has 0 bridgehead atoms. The van der Waals surface area contributed by atoms with E-state index in [4.69, 9.17) is 4.42 Å². The molecule has 0 aliphatic heterocycles. The van der Waals surface area contributed by atoms with Crippen molar-refractivity contribution in [3.63, 3.8) is 0 Å². The maximum atomic E-state index is 12.9. The van der Waals surface area contributed by atoms with Gasteiger partial charge in [0, 0.05) is 17.1 Å². The van der Waals surface area contributed by atoms with E-state index in [2.05, 4.69) is 9.97 Å². The lowest BCUT2D eigenvalue weighted by atomic mass is 10.1. The fourth-order valence-electron chi connectivity index (χ4n) is 2.25. The smallest absolute Gasteiger partial charge is 0.406 e. The Balaban J connectivity index is 1.91. The molecule has 0 spiro atoms. The van der Waals surface area contributed by atoms with Crippen LogP contribution in [-0.4, -0.2) is 33.5 Å². The zero-order valence-corrected chi connectivity index (χ0v) is 13.5. The van der Waals surface area contributed by atoms with Crippen LogP contribution in [0.3, 0.4) is 0 Å². The van der Waals surface area contributed by atoms with Gasteiger partial charge in [0.15, 0.2) is 17.8 Å². The van der Waals surface area contributed by atoms with Gasteiger partial charge in [-0.15, -0.1) is 11.3 Å². The van der Waals surface area contributed by atoms with Crippen LogP contribution in [0.25, 0.3) is 11.3 Å². The number of rotatable bonds is 5. The van der Waals surface area contributed by atoms with Gasteiger partial charge in [0.1, 0.15) is 11.6 Å². The van der Waals surface area contributed by atoms with Crippen LogP contribution in [0, 0.1) is 0 Å². The number of hydrogen-bond acceptors (Lipinski definition) is 5. The molecule has 0 fully saturated rings. The first-order valence-corrected chi connectivity index (χ1v) is 8.05. The van der Waals surface area contributed by atoms with Gasteiger partial charge in [0.05, 0.1) is 6.54 Å². The summed E-state index contributed by atoms with van der Waals surface area (Å²) in [6.07, 6.45) is -2.02. The molecule has 3 rings (SSSR count). The SMILES string of the molecule is O=C(c1ncoc1-c1ccccc1)N(Cc1nccs1)CC(F)(F)F. The molecule has 130 valence electrons. The predicted molar refractivity (Wildman–Crippen MR) is 84.8 cm³/mol. The van der Waals surface area contributed by atoms with E-state index in [1.165, 1.54) is 17.5 Å². The second kappa shape index (κ2) is 7.06. The summed E-state index contributed by atoms with van der Waals surface area (Å²) in [5.74, 6) is -0.725. The summed E-state index contributed by atoms with van der Waals surface area (Å²) in [6.45, 7) is -1.65. The van der Waals surface area contributed by atoms with Gasteiger partial charge in [-0.2, -0.15) is 13.2 Å². The number of alkyl halides is 3. The van der Waals surface area contributed by atoms with Crippen LogP contribution in [-0.2, 0) is 6.54 Å². The second-order valence-corrected chi connectivity index (χ2v) is 6.08. The highest BCUT2D eigenvalue weighted by Crippen LogP contribution is 2.26. The van der Waals surface area contributed by atoms with Crippen LogP contribution in [0.15, 0.2) is 52.7 Å². The van der Waals surface area contributed by atoms with Crippen molar-refractivity contribution in [2.45, 2.75) is 12.7 Å². The first-order chi connectivity index (χ1) is 11.9. The van der Waals surface area contributed by atoms with Crippen molar-refractivity contribution in [2.75, 3.05) is 6.54 Å². The highest BCUT2D eigenvalue weighted by Gasteiger charge is 2.35. The summed E-state index contributed by atoms with van der Waals surface area (Å²) in [7, 11) is 0. The minimum Gasteiger partial charge on any atom is -0.443 e. The first kappa shape index (κ1) is 17.2. The Bertz CT molecular complexity index is 832. The van der Waals surface area contributed by atoms with Crippen LogP contribution < -0.4 is 0 Å². The summed E-state index contributed by atoms with van der Waals surface area (Å²) in [4.78, 5) is 21.1. The first-order valence-electron chi connectivity index (χ1n) is 7.17. The Morgan fingerprint density at radius 2 is 1.96 bits per heavy atom.